The average molecular weight is 265 g/mol. The Hall–Kier alpha value is -1.40. The fourth-order valence-corrected chi connectivity index (χ4v) is 4.08. The Morgan fingerprint density at radius 3 is 3.17 bits per heavy atom. The highest BCUT2D eigenvalue weighted by molar-refractivity contribution is 7.91. The molecule has 1 fully saturated rings. The number of nitrogens with one attached hydrogen (secondary N) is 2. The summed E-state index contributed by atoms with van der Waals surface area (Å²) in [7, 11) is -2.81. The normalized spacial score (nSPS) is 22.6. The Bertz CT molecular complexity index is 663. The molecule has 5 nitrogen and oxygen atoms in total. The lowest BCUT2D eigenvalue weighted by atomic mass is 10.2. The van der Waals surface area contributed by atoms with Crippen LogP contribution in [0.2, 0.25) is 0 Å². The third-order valence-electron chi connectivity index (χ3n) is 3.35. The van der Waals surface area contributed by atoms with E-state index in [1.54, 1.807) is 6.20 Å². The number of rotatable bonds is 3. The number of sulfone groups is 1. The first-order valence-electron chi connectivity index (χ1n) is 5.99. The van der Waals surface area contributed by atoms with Gasteiger partial charge in [-0.25, -0.2) is 13.4 Å². The van der Waals surface area contributed by atoms with Crippen LogP contribution >= 0.6 is 0 Å². The van der Waals surface area contributed by atoms with Gasteiger partial charge in [0.05, 0.1) is 11.5 Å². The quantitative estimate of drug-likeness (QED) is 0.862. The molecule has 2 N–H and O–H groups in total. The van der Waals surface area contributed by atoms with E-state index in [9.17, 15) is 8.42 Å². The summed E-state index contributed by atoms with van der Waals surface area (Å²) in [5.74, 6) is 0.563. The molecule has 1 unspecified atom stereocenters. The molecule has 0 bridgehead atoms. The SMILES string of the molecule is O=S1(=O)CCC(NCc2c[nH]c3ncccc23)C1. The minimum Gasteiger partial charge on any atom is -0.346 e. The first-order chi connectivity index (χ1) is 8.64. The minimum absolute atomic E-state index is 0.0802. The largest absolute Gasteiger partial charge is 0.346 e. The average Bonchev–Trinajstić information content (AvgIpc) is 2.90. The van der Waals surface area contributed by atoms with Gasteiger partial charge >= 0.3 is 0 Å². The highest BCUT2D eigenvalue weighted by atomic mass is 32.2. The minimum atomic E-state index is -2.81. The summed E-state index contributed by atoms with van der Waals surface area (Å²) < 4.78 is 22.7. The van der Waals surface area contributed by atoms with E-state index in [0.29, 0.717) is 18.7 Å². The molecule has 3 rings (SSSR count). The van der Waals surface area contributed by atoms with E-state index < -0.39 is 9.84 Å². The van der Waals surface area contributed by atoms with Crippen LogP contribution in [0.4, 0.5) is 0 Å². The Kier molecular flexibility index (Phi) is 2.83. The Balaban J connectivity index is 1.71. The van der Waals surface area contributed by atoms with Crippen LogP contribution in [-0.4, -0.2) is 35.9 Å². The molecule has 0 aliphatic carbocycles. The maximum Gasteiger partial charge on any atom is 0.151 e. The fraction of sp³-hybridized carbons (Fsp3) is 0.417. The number of aromatic nitrogens is 2. The van der Waals surface area contributed by atoms with Crippen molar-refractivity contribution in [2.45, 2.75) is 19.0 Å². The van der Waals surface area contributed by atoms with Crippen molar-refractivity contribution < 1.29 is 8.42 Å². The monoisotopic (exact) mass is 265 g/mol. The maximum absolute atomic E-state index is 11.4. The van der Waals surface area contributed by atoms with E-state index in [1.165, 1.54) is 0 Å². The number of nitrogens with zero attached hydrogens (tertiary/aromatic N) is 1. The molecular formula is C12H15N3O2S. The van der Waals surface area contributed by atoms with E-state index in [1.807, 2.05) is 18.3 Å². The van der Waals surface area contributed by atoms with Crippen molar-refractivity contribution in [3.63, 3.8) is 0 Å². The van der Waals surface area contributed by atoms with Gasteiger partial charge in [-0.15, -0.1) is 0 Å². The molecule has 0 amide bonds. The number of pyridine rings is 1. The predicted octanol–water partition coefficient (Wildman–Crippen LogP) is 0.840. The summed E-state index contributed by atoms with van der Waals surface area (Å²) in [5, 5.41) is 4.39. The molecule has 3 heterocycles. The van der Waals surface area contributed by atoms with Crippen molar-refractivity contribution in [1.29, 1.82) is 0 Å². The van der Waals surface area contributed by atoms with Gasteiger partial charge in [0.25, 0.3) is 0 Å². The Morgan fingerprint density at radius 2 is 2.39 bits per heavy atom. The maximum atomic E-state index is 11.4. The van der Waals surface area contributed by atoms with Gasteiger partial charge in [-0.3, -0.25) is 0 Å². The lowest BCUT2D eigenvalue weighted by Gasteiger charge is -2.09. The molecule has 2 aromatic heterocycles. The van der Waals surface area contributed by atoms with E-state index in [0.717, 1.165) is 16.6 Å². The van der Waals surface area contributed by atoms with Crippen LogP contribution < -0.4 is 5.32 Å². The smallest absolute Gasteiger partial charge is 0.151 e. The van der Waals surface area contributed by atoms with Gasteiger partial charge in [0.2, 0.25) is 0 Å². The van der Waals surface area contributed by atoms with Crippen molar-refractivity contribution in [1.82, 2.24) is 15.3 Å². The molecule has 0 radical (unpaired) electrons. The predicted molar refractivity (Wildman–Crippen MR) is 70.0 cm³/mol. The molecule has 1 saturated heterocycles. The van der Waals surface area contributed by atoms with Crippen LogP contribution in [0.1, 0.15) is 12.0 Å². The third-order valence-corrected chi connectivity index (χ3v) is 5.12. The lowest BCUT2D eigenvalue weighted by molar-refractivity contribution is 0.555. The molecule has 1 atom stereocenters. The van der Waals surface area contributed by atoms with Gasteiger partial charge in [0.15, 0.2) is 9.84 Å². The van der Waals surface area contributed by atoms with Crippen molar-refractivity contribution in [2.24, 2.45) is 0 Å². The van der Waals surface area contributed by atoms with Crippen molar-refractivity contribution in [2.75, 3.05) is 11.5 Å². The molecule has 1 aliphatic rings. The van der Waals surface area contributed by atoms with E-state index >= 15 is 0 Å². The molecular weight excluding hydrogens is 250 g/mol. The Labute approximate surface area is 106 Å². The highest BCUT2D eigenvalue weighted by Crippen LogP contribution is 2.17. The second-order valence-corrected chi connectivity index (χ2v) is 6.92. The highest BCUT2D eigenvalue weighted by Gasteiger charge is 2.27. The van der Waals surface area contributed by atoms with E-state index in [4.69, 9.17) is 0 Å². The fourth-order valence-electron chi connectivity index (χ4n) is 2.37. The molecule has 6 heteroatoms. The van der Waals surface area contributed by atoms with Crippen molar-refractivity contribution >= 4 is 20.9 Å². The summed E-state index contributed by atoms with van der Waals surface area (Å²) in [6, 6.07) is 4.00. The summed E-state index contributed by atoms with van der Waals surface area (Å²) in [5.41, 5.74) is 2.00. The van der Waals surface area contributed by atoms with E-state index in [2.05, 4.69) is 15.3 Å². The number of hydrogen-bond acceptors (Lipinski definition) is 4. The summed E-state index contributed by atoms with van der Waals surface area (Å²) in [6.45, 7) is 0.672. The number of fused-ring (bicyclic) bond motifs is 1. The first-order valence-corrected chi connectivity index (χ1v) is 7.81. The second kappa shape index (κ2) is 4.37. The standard InChI is InChI=1S/C12H15N3O2S/c16-18(17)5-3-10(8-18)14-6-9-7-15-12-11(9)2-1-4-13-12/h1-2,4,7,10,14H,3,5-6,8H2,(H,13,15). The van der Waals surface area contributed by atoms with E-state index in [-0.39, 0.29) is 11.8 Å². The van der Waals surface area contributed by atoms with Gasteiger partial charge in [-0.2, -0.15) is 0 Å². The van der Waals surface area contributed by atoms with Crippen LogP contribution in [0.25, 0.3) is 11.0 Å². The van der Waals surface area contributed by atoms with Crippen molar-refractivity contribution in [3.8, 4) is 0 Å². The van der Waals surface area contributed by atoms with Crippen LogP contribution in [0, 0.1) is 0 Å². The number of H-pyrrole nitrogens is 1. The third kappa shape index (κ3) is 2.26. The molecule has 1 aliphatic heterocycles. The van der Waals surface area contributed by atoms with Crippen LogP contribution in [-0.2, 0) is 16.4 Å². The second-order valence-electron chi connectivity index (χ2n) is 4.69. The lowest BCUT2D eigenvalue weighted by Crippen LogP contribution is -2.29. The zero-order valence-corrected chi connectivity index (χ0v) is 10.7. The molecule has 96 valence electrons. The summed E-state index contributed by atoms with van der Waals surface area (Å²) in [6.07, 6.45) is 4.39. The molecule has 2 aromatic rings. The molecule has 0 spiro atoms. The van der Waals surface area contributed by atoms with Crippen molar-refractivity contribution in [3.05, 3.63) is 30.1 Å². The zero-order chi connectivity index (χ0) is 12.6. The van der Waals surface area contributed by atoms with Crippen LogP contribution in [0.3, 0.4) is 0 Å². The molecule has 0 aromatic carbocycles. The first kappa shape index (κ1) is 11.7. The Morgan fingerprint density at radius 1 is 1.50 bits per heavy atom. The molecule has 18 heavy (non-hydrogen) atoms. The summed E-state index contributed by atoms with van der Waals surface area (Å²) >= 11 is 0. The van der Waals surface area contributed by atoms with Crippen LogP contribution in [0.5, 0.6) is 0 Å². The number of hydrogen-bond donors (Lipinski definition) is 2. The summed E-state index contributed by atoms with van der Waals surface area (Å²) in [4.78, 5) is 7.34. The van der Waals surface area contributed by atoms with Gasteiger partial charge in [-0.05, 0) is 24.1 Å². The van der Waals surface area contributed by atoms with Gasteiger partial charge < -0.3 is 10.3 Å². The van der Waals surface area contributed by atoms with Gasteiger partial charge in [0, 0.05) is 30.4 Å². The number of aromatic amines is 1. The van der Waals surface area contributed by atoms with Gasteiger partial charge in [-0.1, -0.05) is 0 Å². The van der Waals surface area contributed by atoms with Crippen LogP contribution in [0.15, 0.2) is 24.5 Å². The topological polar surface area (TPSA) is 74.8 Å². The van der Waals surface area contributed by atoms with Gasteiger partial charge in [0.1, 0.15) is 5.65 Å². The molecule has 0 saturated carbocycles. The zero-order valence-electron chi connectivity index (χ0n) is 9.89.